The molecule has 1 aromatic carbocycles. The lowest BCUT2D eigenvalue weighted by molar-refractivity contribution is -0.257. The van der Waals surface area contributed by atoms with Gasteiger partial charge in [-0.25, -0.2) is 0 Å². The number of thioether (sulfide) groups is 1. The third kappa shape index (κ3) is 3.17. The highest BCUT2D eigenvalue weighted by molar-refractivity contribution is 7.97. The number of hydrogen-bond donors (Lipinski definition) is 0. The minimum Gasteiger partial charge on any atom is -0.542 e. The number of aryl methyl sites for hydroxylation is 1. The summed E-state index contributed by atoms with van der Waals surface area (Å²) in [6.07, 6.45) is 0. The molecule has 0 N–H and O–H groups in total. The van der Waals surface area contributed by atoms with Crippen LogP contribution in [-0.2, 0) is 11.5 Å². The largest absolute Gasteiger partial charge is 0.542 e. The molecule has 94 valence electrons. The Hall–Kier alpha value is -1.68. The minimum atomic E-state index is -1.27. The van der Waals surface area contributed by atoms with Crippen LogP contribution in [0.4, 0.5) is 0 Å². The number of rotatable bonds is 5. The molecular formula is C14H13O3S-. The van der Waals surface area contributed by atoms with E-state index >= 15 is 0 Å². The van der Waals surface area contributed by atoms with Gasteiger partial charge in [-0.15, -0.1) is 11.8 Å². The molecule has 0 bridgehead atoms. The maximum Gasteiger partial charge on any atom is 0.149 e. The van der Waals surface area contributed by atoms with Crippen molar-refractivity contribution >= 4 is 17.7 Å². The zero-order valence-electron chi connectivity index (χ0n) is 10.0. The van der Waals surface area contributed by atoms with Crippen molar-refractivity contribution in [2.24, 2.45) is 0 Å². The summed E-state index contributed by atoms with van der Waals surface area (Å²) in [6, 6.07) is 11.3. The molecule has 0 radical (unpaired) electrons. The normalized spacial score (nSPS) is 10.5. The number of hydrogen-bond acceptors (Lipinski definition) is 4. The first-order chi connectivity index (χ1) is 8.66. The topological polar surface area (TPSA) is 53.3 Å². The zero-order valence-corrected chi connectivity index (χ0v) is 10.8. The van der Waals surface area contributed by atoms with Gasteiger partial charge in [0.05, 0.1) is 5.75 Å². The summed E-state index contributed by atoms with van der Waals surface area (Å²) in [4.78, 5) is 10.5. The van der Waals surface area contributed by atoms with Crippen LogP contribution in [0.2, 0.25) is 0 Å². The number of carboxylic acid groups (broad SMARTS) is 1. The van der Waals surface area contributed by atoms with Crippen molar-refractivity contribution in [1.29, 1.82) is 0 Å². The molecule has 0 saturated carbocycles. The Morgan fingerprint density at radius 3 is 2.67 bits per heavy atom. The van der Waals surface area contributed by atoms with Crippen molar-refractivity contribution in [3.8, 4) is 0 Å². The third-order valence-corrected chi connectivity index (χ3v) is 3.63. The predicted octanol–water partition coefficient (Wildman–Crippen LogP) is 2.38. The van der Waals surface area contributed by atoms with Crippen LogP contribution in [-0.4, -0.2) is 5.97 Å². The van der Waals surface area contributed by atoms with E-state index in [-0.39, 0.29) is 5.76 Å². The summed E-state index contributed by atoms with van der Waals surface area (Å²) < 4.78 is 5.13. The number of carboxylic acids is 1. The lowest BCUT2D eigenvalue weighted by Gasteiger charge is -2.04. The minimum absolute atomic E-state index is 0.110. The summed E-state index contributed by atoms with van der Waals surface area (Å²) in [5.74, 6) is 0.815. The molecule has 18 heavy (non-hydrogen) atoms. The lowest BCUT2D eigenvalue weighted by atomic mass is 10.1. The van der Waals surface area contributed by atoms with E-state index in [1.165, 1.54) is 17.2 Å². The molecule has 0 aliphatic rings. The van der Waals surface area contributed by atoms with E-state index in [2.05, 4.69) is 19.1 Å². The lowest BCUT2D eigenvalue weighted by Crippen LogP contribution is -2.21. The molecule has 1 aromatic heterocycles. The molecule has 0 aliphatic carbocycles. The average molecular weight is 261 g/mol. The van der Waals surface area contributed by atoms with Crippen LogP contribution in [0.25, 0.3) is 0 Å². The van der Waals surface area contributed by atoms with E-state index in [0.29, 0.717) is 11.5 Å². The number of carbonyl (C=O) groups excluding carboxylic acids is 1. The molecule has 0 atom stereocenters. The van der Waals surface area contributed by atoms with Crippen LogP contribution >= 0.6 is 11.8 Å². The van der Waals surface area contributed by atoms with Crippen LogP contribution in [0, 0.1) is 6.92 Å². The van der Waals surface area contributed by atoms with Crippen LogP contribution in [0.1, 0.15) is 27.4 Å². The molecule has 0 unspecified atom stereocenters. The molecule has 3 nitrogen and oxygen atoms in total. The summed E-state index contributed by atoms with van der Waals surface area (Å²) in [5.41, 5.74) is 2.55. The maximum absolute atomic E-state index is 10.5. The van der Waals surface area contributed by atoms with E-state index in [4.69, 9.17) is 4.42 Å². The summed E-state index contributed by atoms with van der Waals surface area (Å²) >= 11 is 1.69. The molecule has 0 aliphatic heterocycles. The van der Waals surface area contributed by atoms with Crippen LogP contribution in [0.3, 0.4) is 0 Å². The number of furan rings is 1. The third-order valence-electron chi connectivity index (χ3n) is 2.63. The smallest absolute Gasteiger partial charge is 0.149 e. The van der Waals surface area contributed by atoms with Gasteiger partial charge in [-0.3, -0.25) is 0 Å². The van der Waals surface area contributed by atoms with Crippen molar-refractivity contribution < 1.29 is 14.3 Å². The first-order valence-corrected chi connectivity index (χ1v) is 6.74. The Labute approximate surface area is 110 Å². The first kappa shape index (κ1) is 12.8. The average Bonchev–Trinajstić information content (AvgIpc) is 2.80. The van der Waals surface area contributed by atoms with Gasteiger partial charge in [0, 0.05) is 5.75 Å². The van der Waals surface area contributed by atoms with Gasteiger partial charge in [0.25, 0.3) is 0 Å². The van der Waals surface area contributed by atoms with Gasteiger partial charge < -0.3 is 14.3 Å². The van der Waals surface area contributed by atoms with E-state index in [1.807, 2.05) is 12.1 Å². The van der Waals surface area contributed by atoms with Crippen molar-refractivity contribution in [2.45, 2.75) is 18.4 Å². The summed E-state index contributed by atoms with van der Waals surface area (Å²) in [6.45, 7) is 2.08. The van der Waals surface area contributed by atoms with Gasteiger partial charge in [0.1, 0.15) is 17.5 Å². The number of carbonyl (C=O) groups is 1. The van der Waals surface area contributed by atoms with Gasteiger partial charge in [-0.1, -0.05) is 24.3 Å². The quantitative estimate of drug-likeness (QED) is 0.829. The van der Waals surface area contributed by atoms with Crippen LogP contribution in [0.5, 0.6) is 0 Å². The Balaban J connectivity index is 1.88. The molecule has 0 saturated heterocycles. The molecule has 4 heteroatoms. The van der Waals surface area contributed by atoms with Crippen molar-refractivity contribution in [1.82, 2.24) is 0 Å². The molecule has 2 rings (SSSR count). The number of aromatic carboxylic acids is 1. The van der Waals surface area contributed by atoms with Gasteiger partial charge >= 0.3 is 0 Å². The predicted molar refractivity (Wildman–Crippen MR) is 69.2 cm³/mol. The second-order valence-electron chi connectivity index (χ2n) is 3.97. The maximum atomic E-state index is 10.5. The molecule has 0 amide bonds. The first-order valence-electron chi connectivity index (χ1n) is 5.59. The van der Waals surface area contributed by atoms with Crippen LogP contribution in [0.15, 0.2) is 40.8 Å². The summed E-state index contributed by atoms with van der Waals surface area (Å²) in [5, 5.41) is 10.5. The van der Waals surface area contributed by atoms with Gasteiger partial charge in [0.2, 0.25) is 0 Å². The second kappa shape index (κ2) is 5.78. The van der Waals surface area contributed by atoms with Gasteiger partial charge in [-0.05, 0) is 30.2 Å². The standard InChI is InChI=1S/C14H14O3S/c1-10-4-2-3-5-11(10)8-18-9-12-6-7-13(17-12)14(15)16/h2-7H,8-9H2,1H3,(H,15,16)/p-1. The molecular weight excluding hydrogens is 248 g/mol. The van der Waals surface area contributed by atoms with E-state index in [1.54, 1.807) is 17.8 Å². The molecule has 2 aromatic rings. The fraction of sp³-hybridized carbons (Fsp3) is 0.214. The SMILES string of the molecule is Cc1ccccc1CSCc1ccc(C(=O)[O-])o1. The molecule has 0 spiro atoms. The Morgan fingerprint density at radius 1 is 1.22 bits per heavy atom. The van der Waals surface area contributed by atoms with Gasteiger partial charge in [-0.2, -0.15) is 0 Å². The Bertz CT molecular complexity index is 545. The fourth-order valence-electron chi connectivity index (χ4n) is 1.60. The molecule has 0 fully saturated rings. The Kier molecular flexibility index (Phi) is 4.10. The number of benzene rings is 1. The van der Waals surface area contributed by atoms with Crippen LogP contribution < -0.4 is 5.11 Å². The van der Waals surface area contributed by atoms with Crippen molar-refractivity contribution in [2.75, 3.05) is 0 Å². The van der Waals surface area contributed by atoms with E-state index in [9.17, 15) is 9.90 Å². The Morgan fingerprint density at radius 2 is 2.00 bits per heavy atom. The highest BCUT2D eigenvalue weighted by Gasteiger charge is 2.03. The highest BCUT2D eigenvalue weighted by Crippen LogP contribution is 2.21. The van der Waals surface area contributed by atoms with E-state index in [0.717, 1.165) is 5.75 Å². The monoisotopic (exact) mass is 261 g/mol. The summed E-state index contributed by atoms with van der Waals surface area (Å²) in [7, 11) is 0. The highest BCUT2D eigenvalue weighted by atomic mass is 32.2. The zero-order chi connectivity index (χ0) is 13.0. The fourth-order valence-corrected chi connectivity index (χ4v) is 2.60. The second-order valence-corrected chi connectivity index (χ2v) is 4.96. The van der Waals surface area contributed by atoms with Crippen molar-refractivity contribution in [3.05, 3.63) is 59.0 Å². The van der Waals surface area contributed by atoms with Gasteiger partial charge in [0.15, 0.2) is 0 Å². The van der Waals surface area contributed by atoms with E-state index < -0.39 is 5.97 Å². The molecule has 1 heterocycles. The van der Waals surface area contributed by atoms with Crippen molar-refractivity contribution in [3.63, 3.8) is 0 Å².